The minimum atomic E-state index is 0.223. The Labute approximate surface area is 130 Å². The van der Waals surface area contributed by atoms with Crippen molar-refractivity contribution in [2.45, 2.75) is 19.0 Å². The summed E-state index contributed by atoms with van der Waals surface area (Å²) in [4.78, 5) is 3.60. The van der Waals surface area contributed by atoms with Crippen molar-refractivity contribution in [1.29, 1.82) is 5.26 Å². The third-order valence-corrected chi connectivity index (χ3v) is 4.60. The van der Waals surface area contributed by atoms with E-state index in [-0.39, 0.29) is 6.04 Å². The van der Waals surface area contributed by atoms with Crippen molar-refractivity contribution in [2.24, 2.45) is 0 Å². The minimum absolute atomic E-state index is 0.223. The summed E-state index contributed by atoms with van der Waals surface area (Å²) in [5.41, 5.74) is 1.86. The van der Waals surface area contributed by atoms with Gasteiger partial charge in [-0.05, 0) is 50.2 Å². The van der Waals surface area contributed by atoms with Crippen molar-refractivity contribution in [2.75, 3.05) is 20.6 Å². The fourth-order valence-electron chi connectivity index (χ4n) is 2.30. The zero-order valence-electron chi connectivity index (χ0n) is 12.7. The monoisotopic (exact) mass is 299 g/mol. The second kappa shape index (κ2) is 7.37. The van der Waals surface area contributed by atoms with Crippen LogP contribution in [0.25, 0.3) is 0 Å². The smallest absolute Gasteiger partial charge is 0.0991 e. The van der Waals surface area contributed by atoms with Gasteiger partial charge in [-0.25, -0.2) is 0 Å². The molecule has 4 heteroatoms. The maximum atomic E-state index is 8.98. The van der Waals surface area contributed by atoms with Crippen molar-refractivity contribution < 1.29 is 0 Å². The average Bonchev–Trinajstić information content (AvgIpc) is 3.01. The maximum absolute atomic E-state index is 8.98. The van der Waals surface area contributed by atoms with Gasteiger partial charge in [-0.3, -0.25) is 0 Å². The van der Waals surface area contributed by atoms with Crippen LogP contribution in [0.1, 0.15) is 35.0 Å². The van der Waals surface area contributed by atoms with Crippen molar-refractivity contribution in [3.8, 4) is 6.07 Å². The highest BCUT2D eigenvalue weighted by Gasteiger charge is 2.16. The van der Waals surface area contributed by atoms with Gasteiger partial charge in [0.1, 0.15) is 0 Å². The van der Waals surface area contributed by atoms with Gasteiger partial charge in [-0.1, -0.05) is 18.2 Å². The van der Waals surface area contributed by atoms with E-state index in [1.54, 1.807) is 11.3 Å². The van der Waals surface area contributed by atoms with Gasteiger partial charge in [0, 0.05) is 17.5 Å². The molecule has 0 aliphatic rings. The fraction of sp³-hybridized carbons (Fsp3) is 0.353. The molecule has 1 N–H and O–H groups in total. The zero-order chi connectivity index (χ0) is 15.2. The van der Waals surface area contributed by atoms with E-state index < -0.39 is 0 Å². The second-order valence-electron chi connectivity index (χ2n) is 5.36. The van der Waals surface area contributed by atoms with Crippen LogP contribution in [0, 0.1) is 11.3 Å². The average molecular weight is 299 g/mol. The van der Waals surface area contributed by atoms with Crippen LogP contribution in [-0.4, -0.2) is 25.5 Å². The summed E-state index contributed by atoms with van der Waals surface area (Å²) >= 11 is 1.79. The summed E-state index contributed by atoms with van der Waals surface area (Å²) in [7, 11) is 4.21. The van der Waals surface area contributed by atoms with Gasteiger partial charge in [0.15, 0.2) is 0 Å². The molecule has 1 aromatic heterocycles. The molecule has 2 unspecified atom stereocenters. The highest BCUT2D eigenvalue weighted by molar-refractivity contribution is 7.10. The first-order valence-electron chi connectivity index (χ1n) is 7.05. The molecule has 2 aromatic rings. The Hall–Kier alpha value is -1.67. The minimum Gasteiger partial charge on any atom is -0.308 e. The lowest BCUT2D eigenvalue weighted by atomic mass is 10.1. The number of rotatable bonds is 6. The standard InChI is InChI=1S/C17H21N3S/c1-13(15-7-4-6-14(10-15)11-18)19-12-16(20(2)3)17-8-5-9-21-17/h4-10,13,16,19H,12H2,1-3H3. The number of hydrogen-bond acceptors (Lipinski definition) is 4. The Balaban J connectivity index is 2.02. The van der Waals surface area contributed by atoms with E-state index in [1.165, 1.54) is 4.88 Å². The summed E-state index contributed by atoms with van der Waals surface area (Å²) in [6.45, 7) is 3.02. The molecule has 1 heterocycles. The van der Waals surface area contributed by atoms with Crippen molar-refractivity contribution >= 4 is 11.3 Å². The van der Waals surface area contributed by atoms with Crippen LogP contribution in [0.4, 0.5) is 0 Å². The van der Waals surface area contributed by atoms with Gasteiger partial charge in [-0.15, -0.1) is 11.3 Å². The SMILES string of the molecule is CC(NCC(c1cccs1)N(C)C)c1cccc(C#N)c1. The predicted octanol–water partition coefficient (Wildman–Crippen LogP) is 3.57. The van der Waals surface area contributed by atoms with E-state index in [2.05, 4.69) is 60.9 Å². The number of benzene rings is 1. The van der Waals surface area contributed by atoms with Crippen molar-refractivity contribution in [3.05, 3.63) is 57.8 Å². The van der Waals surface area contributed by atoms with E-state index in [4.69, 9.17) is 5.26 Å². The van der Waals surface area contributed by atoms with E-state index in [0.29, 0.717) is 11.6 Å². The van der Waals surface area contributed by atoms with Crippen LogP contribution in [0.2, 0.25) is 0 Å². The summed E-state index contributed by atoms with van der Waals surface area (Å²) in [6, 6.07) is 14.8. The summed E-state index contributed by atoms with van der Waals surface area (Å²) in [6.07, 6.45) is 0. The third-order valence-electron chi connectivity index (χ3n) is 3.63. The topological polar surface area (TPSA) is 39.1 Å². The molecule has 0 bridgehead atoms. The highest BCUT2D eigenvalue weighted by atomic mass is 32.1. The van der Waals surface area contributed by atoms with Gasteiger partial charge in [0.25, 0.3) is 0 Å². The van der Waals surface area contributed by atoms with E-state index in [9.17, 15) is 0 Å². The van der Waals surface area contributed by atoms with Crippen LogP contribution in [0.5, 0.6) is 0 Å². The van der Waals surface area contributed by atoms with Gasteiger partial charge in [-0.2, -0.15) is 5.26 Å². The van der Waals surface area contributed by atoms with Crippen LogP contribution in [0.3, 0.4) is 0 Å². The summed E-state index contributed by atoms with van der Waals surface area (Å²) in [5, 5.41) is 14.7. The molecule has 0 radical (unpaired) electrons. The summed E-state index contributed by atoms with van der Waals surface area (Å²) < 4.78 is 0. The Kier molecular flexibility index (Phi) is 5.51. The number of nitriles is 1. The van der Waals surface area contributed by atoms with Gasteiger partial charge >= 0.3 is 0 Å². The van der Waals surface area contributed by atoms with Crippen molar-refractivity contribution in [1.82, 2.24) is 10.2 Å². The normalized spacial score (nSPS) is 13.9. The molecule has 3 nitrogen and oxygen atoms in total. The molecule has 0 saturated heterocycles. The molecule has 2 atom stereocenters. The molecule has 0 aliphatic heterocycles. The first-order valence-corrected chi connectivity index (χ1v) is 7.93. The number of nitrogens with one attached hydrogen (secondary N) is 1. The lowest BCUT2D eigenvalue weighted by molar-refractivity contribution is 0.285. The van der Waals surface area contributed by atoms with E-state index >= 15 is 0 Å². The second-order valence-corrected chi connectivity index (χ2v) is 6.34. The molecule has 110 valence electrons. The number of hydrogen-bond donors (Lipinski definition) is 1. The van der Waals surface area contributed by atoms with Crippen molar-refractivity contribution in [3.63, 3.8) is 0 Å². The van der Waals surface area contributed by atoms with E-state index in [0.717, 1.165) is 12.1 Å². The first-order chi connectivity index (χ1) is 10.1. The third kappa shape index (κ3) is 4.15. The lowest BCUT2D eigenvalue weighted by Gasteiger charge is -2.26. The molecular weight excluding hydrogens is 278 g/mol. The molecule has 0 amide bonds. The molecule has 0 spiro atoms. The zero-order valence-corrected chi connectivity index (χ0v) is 13.5. The molecule has 0 saturated carbocycles. The number of nitrogens with zero attached hydrogens (tertiary/aromatic N) is 2. The van der Waals surface area contributed by atoms with E-state index in [1.807, 2.05) is 18.2 Å². The van der Waals surface area contributed by atoms with Crippen LogP contribution >= 0.6 is 11.3 Å². The van der Waals surface area contributed by atoms with Crippen LogP contribution < -0.4 is 5.32 Å². The van der Waals surface area contributed by atoms with Crippen LogP contribution in [-0.2, 0) is 0 Å². The largest absolute Gasteiger partial charge is 0.308 e. The molecule has 1 aromatic carbocycles. The molecule has 2 rings (SSSR count). The number of likely N-dealkylation sites (N-methyl/N-ethyl adjacent to an activating group) is 1. The molecular formula is C17H21N3S. The van der Waals surface area contributed by atoms with Gasteiger partial charge in [0.2, 0.25) is 0 Å². The molecule has 0 aliphatic carbocycles. The number of thiophene rings is 1. The van der Waals surface area contributed by atoms with Crippen LogP contribution in [0.15, 0.2) is 41.8 Å². The lowest BCUT2D eigenvalue weighted by Crippen LogP contribution is -2.32. The summed E-state index contributed by atoms with van der Waals surface area (Å²) in [5.74, 6) is 0. The molecule has 0 fully saturated rings. The first kappa shape index (κ1) is 15.7. The maximum Gasteiger partial charge on any atom is 0.0991 e. The van der Waals surface area contributed by atoms with Gasteiger partial charge in [0.05, 0.1) is 17.7 Å². The quantitative estimate of drug-likeness (QED) is 0.886. The Bertz CT molecular complexity index is 599. The fourth-order valence-corrected chi connectivity index (χ4v) is 3.22. The van der Waals surface area contributed by atoms with Gasteiger partial charge < -0.3 is 10.2 Å². The Morgan fingerprint density at radius 2 is 2.10 bits per heavy atom. The Morgan fingerprint density at radius 1 is 1.29 bits per heavy atom. The molecule has 21 heavy (non-hydrogen) atoms. The Morgan fingerprint density at radius 3 is 2.71 bits per heavy atom. The highest BCUT2D eigenvalue weighted by Crippen LogP contribution is 2.23. The predicted molar refractivity (Wildman–Crippen MR) is 88.3 cm³/mol.